The number of carbonyl (C=O) groups is 2. The first kappa shape index (κ1) is 12.2. The van der Waals surface area contributed by atoms with E-state index in [1.54, 1.807) is 0 Å². The summed E-state index contributed by atoms with van der Waals surface area (Å²) in [4.78, 5) is 24.0. The molecular formula is C11H20N2O2. The van der Waals surface area contributed by atoms with Gasteiger partial charge in [-0.1, -0.05) is 20.8 Å². The number of hydrogen-bond acceptors (Lipinski definition) is 3. The van der Waals surface area contributed by atoms with Gasteiger partial charge in [-0.05, 0) is 18.4 Å². The van der Waals surface area contributed by atoms with Crippen molar-refractivity contribution in [3.8, 4) is 0 Å². The predicted molar refractivity (Wildman–Crippen MR) is 58.2 cm³/mol. The van der Waals surface area contributed by atoms with E-state index in [9.17, 15) is 9.59 Å². The molecule has 1 N–H and O–H groups in total. The summed E-state index contributed by atoms with van der Waals surface area (Å²) < 4.78 is 0. The summed E-state index contributed by atoms with van der Waals surface area (Å²) in [6.45, 7) is 7.23. The van der Waals surface area contributed by atoms with Gasteiger partial charge < -0.3 is 5.32 Å². The van der Waals surface area contributed by atoms with Gasteiger partial charge in [-0.15, -0.1) is 0 Å². The summed E-state index contributed by atoms with van der Waals surface area (Å²) in [5.74, 6) is 0.909. The van der Waals surface area contributed by atoms with Gasteiger partial charge in [-0.2, -0.15) is 0 Å². The Morgan fingerprint density at radius 1 is 1.40 bits per heavy atom. The largest absolute Gasteiger partial charge is 0.305 e. The van der Waals surface area contributed by atoms with Crippen LogP contribution in [-0.4, -0.2) is 36.3 Å². The van der Waals surface area contributed by atoms with E-state index in [1.165, 1.54) is 11.9 Å². The van der Waals surface area contributed by atoms with Crippen LogP contribution in [-0.2, 0) is 9.59 Å². The van der Waals surface area contributed by atoms with E-state index >= 15 is 0 Å². The van der Waals surface area contributed by atoms with Crippen LogP contribution >= 0.6 is 0 Å². The fourth-order valence-electron chi connectivity index (χ4n) is 1.48. The third-order valence-corrected chi connectivity index (χ3v) is 3.21. The Hall–Kier alpha value is -0.900. The van der Waals surface area contributed by atoms with Crippen molar-refractivity contribution in [1.82, 2.24) is 10.2 Å². The maximum atomic E-state index is 11.5. The van der Waals surface area contributed by atoms with Crippen LogP contribution in [0.4, 0.5) is 0 Å². The molecule has 4 heteroatoms. The van der Waals surface area contributed by atoms with E-state index < -0.39 is 0 Å². The molecule has 1 saturated heterocycles. The van der Waals surface area contributed by atoms with Crippen LogP contribution in [0.25, 0.3) is 0 Å². The van der Waals surface area contributed by atoms with E-state index in [4.69, 9.17) is 0 Å². The molecule has 4 nitrogen and oxygen atoms in total. The van der Waals surface area contributed by atoms with Gasteiger partial charge in [-0.25, -0.2) is 0 Å². The van der Waals surface area contributed by atoms with Crippen LogP contribution in [0.1, 0.15) is 27.2 Å². The van der Waals surface area contributed by atoms with Crippen LogP contribution in [0, 0.1) is 11.8 Å². The minimum absolute atomic E-state index is 0.0882. The molecule has 0 saturated carbocycles. The predicted octanol–water partition coefficient (Wildman–Crippen LogP) is 0.625. The minimum Gasteiger partial charge on any atom is -0.305 e. The van der Waals surface area contributed by atoms with E-state index in [-0.39, 0.29) is 17.9 Å². The quantitative estimate of drug-likeness (QED) is 0.695. The normalized spacial score (nSPS) is 24.1. The fourth-order valence-corrected chi connectivity index (χ4v) is 1.48. The van der Waals surface area contributed by atoms with Gasteiger partial charge in [0, 0.05) is 7.05 Å². The molecule has 1 aliphatic rings. The van der Waals surface area contributed by atoms with Gasteiger partial charge in [0.2, 0.25) is 11.8 Å². The van der Waals surface area contributed by atoms with Crippen LogP contribution in [0.3, 0.4) is 0 Å². The maximum Gasteiger partial charge on any atom is 0.246 e. The number of hydrogen-bond donors (Lipinski definition) is 1. The zero-order valence-corrected chi connectivity index (χ0v) is 9.91. The summed E-state index contributed by atoms with van der Waals surface area (Å²) in [6.07, 6.45) is 0.306. The lowest BCUT2D eigenvalue weighted by molar-refractivity contribution is -0.137. The first-order valence-electron chi connectivity index (χ1n) is 5.47. The van der Waals surface area contributed by atoms with Crippen molar-refractivity contribution >= 4 is 11.8 Å². The first-order chi connectivity index (χ1) is 6.93. The SMILES string of the molecule is CC(C)C(C)CNC1CC(=O)N(C)C1=O. The highest BCUT2D eigenvalue weighted by molar-refractivity contribution is 6.05. The Morgan fingerprint density at radius 3 is 2.40 bits per heavy atom. The Labute approximate surface area is 91.0 Å². The maximum absolute atomic E-state index is 11.5. The van der Waals surface area contributed by atoms with E-state index in [0.717, 1.165) is 6.54 Å². The zero-order chi connectivity index (χ0) is 11.6. The summed E-state index contributed by atoms with van der Waals surface area (Å²) in [6, 6.07) is -0.302. The molecule has 1 fully saturated rings. The van der Waals surface area contributed by atoms with Gasteiger partial charge in [0.15, 0.2) is 0 Å². The van der Waals surface area contributed by atoms with Crippen LogP contribution in [0.5, 0.6) is 0 Å². The van der Waals surface area contributed by atoms with Gasteiger partial charge in [-0.3, -0.25) is 14.5 Å². The lowest BCUT2D eigenvalue weighted by Crippen LogP contribution is -2.39. The summed E-state index contributed by atoms with van der Waals surface area (Å²) in [5.41, 5.74) is 0. The van der Waals surface area contributed by atoms with Gasteiger partial charge in [0.25, 0.3) is 0 Å². The van der Waals surface area contributed by atoms with Crippen molar-refractivity contribution in [2.75, 3.05) is 13.6 Å². The van der Waals surface area contributed by atoms with E-state index in [2.05, 4.69) is 26.1 Å². The Balaban J connectivity index is 2.41. The molecular weight excluding hydrogens is 192 g/mol. The Bertz CT molecular complexity index is 263. The number of likely N-dealkylation sites (tertiary alicyclic amines) is 1. The second-order valence-corrected chi connectivity index (χ2v) is 4.68. The standard InChI is InChI=1S/C11H20N2O2/c1-7(2)8(3)6-12-9-5-10(14)13(4)11(9)15/h7-9,12H,5-6H2,1-4H3. The molecule has 0 bridgehead atoms. The minimum atomic E-state index is -0.302. The molecule has 0 aromatic rings. The number of likely N-dealkylation sites (N-methyl/N-ethyl adjacent to an activating group) is 1. The third-order valence-electron chi connectivity index (χ3n) is 3.21. The van der Waals surface area contributed by atoms with Crippen molar-refractivity contribution in [3.63, 3.8) is 0 Å². The Kier molecular flexibility index (Phi) is 3.85. The van der Waals surface area contributed by atoms with E-state index in [0.29, 0.717) is 18.3 Å². The lowest BCUT2D eigenvalue weighted by atomic mass is 9.98. The van der Waals surface area contributed by atoms with Gasteiger partial charge in [0.1, 0.15) is 0 Å². The fraction of sp³-hybridized carbons (Fsp3) is 0.818. The number of amides is 2. The highest BCUT2D eigenvalue weighted by Gasteiger charge is 2.35. The molecule has 2 amide bonds. The lowest BCUT2D eigenvalue weighted by Gasteiger charge is -2.18. The number of imide groups is 1. The molecule has 0 spiro atoms. The number of carbonyl (C=O) groups excluding carboxylic acids is 2. The van der Waals surface area contributed by atoms with Crippen molar-refractivity contribution in [2.45, 2.75) is 33.2 Å². The molecule has 2 unspecified atom stereocenters. The Morgan fingerprint density at radius 2 is 2.00 bits per heavy atom. The monoisotopic (exact) mass is 212 g/mol. The molecule has 86 valence electrons. The van der Waals surface area contributed by atoms with Crippen LogP contribution in [0.15, 0.2) is 0 Å². The highest BCUT2D eigenvalue weighted by Crippen LogP contribution is 2.13. The summed E-state index contributed by atoms with van der Waals surface area (Å²) in [5, 5.41) is 3.16. The van der Waals surface area contributed by atoms with Crippen molar-refractivity contribution in [2.24, 2.45) is 11.8 Å². The van der Waals surface area contributed by atoms with Crippen molar-refractivity contribution in [1.29, 1.82) is 0 Å². The molecule has 1 rings (SSSR count). The number of nitrogens with one attached hydrogen (secondary N) is 1. The average Bonchev–Trinajstić information content (AvgIpc) is 2.42. The van der Waals surface area contributed by atoms with Crippen molar-refractivity contribution in [3.05, 3.63) is 0 Å². The van der Waals surface area contributed by atoms with E-state index in [1.807, 2.05) is 0 Å². The van der Waals surface area contributed by atoms with Crippen LogP contribution < -0.4 is 5.32 Å². The molecule has 1 aliphatic heterocycles. The zero-order valence-electron chi connectivity index (χ0n) is 9.91. The summed E-state index contributed by atoms with van der Waals surface area (Å²) in [7, 11) is 1.54. The smallest absolute Gasteiger partial charge is 0.246 e. The molecule has 0 aliphatic carbocycles. The summed E-state index contributed by atoms with van der Waals surface area (Å²) >= 11 is 0. The molecule has 2 atom stereocenters. The second-order valence-electron chi connectivity index (χ2n) is 4.68. The number of nitrogens with zero attached hydrogens (tertiary/aromatic N) is 1. The second kappa shape index (κ2) is 4.75. The van der Waals surface area contributed by atoms with Gasteiger partial charge >= 0.3 is 0 Å². The average molecular weight is 212 g/mol. The molecule has 0 radical (unpaired) electrons. The van der Waals surface area contributed by atoms with Crippen LogP contribution in [0.2, 0.25) is 0 Å². The van der Waals surface area contributed by atoms with Crippen molar-refractivity contribution < 1.29 is 9.59 Å². The van der Waals surface area contributed by atoms with Gasteiger partial charge in [0.05, 0.1) is 12.5 Å². The molecule has 0 aromatic heterocycles. The molecule has 15 heavy (non-hydrogen) atoms. The number of rotatable bonds is 4. The highest BCUT2D eigenvalue weighted by atomic mass is 16.2. The first-order valence-corrected chi connectivity index (χ1v) is 5.47. The third kappa shape index (κ3) is 2.78. The molecule has 1 heterocycles. The molecule has 0 aromatic carbocycles. The topological polar surface area (TPSA) is 49.4 Å².